The van der Waals surface area contributed by atoms with Crippen molar-refractivity contribution in [3.63, 3.8) is 0 Å². The zero-order chi connectivity index (χ0) is 20.4. The maximum absolute atomic E-state index is 12.8. The van der Waals surface area contributed by atoms with E-state index >= 15 is 0 Å². The number of likely N-dealkylation sites (tertiary alicyclic amines) is 1. The van der Waals surface area contributed by atoms with Crippen molar-refractivity contribution < 1.29 is 17.9 Å². The Labute approximate surface area is 171 Å². The molecule has 3 heterocycles. The van der Waals surface area contributed by atoms with Gasteiger partial charge in [0.05, 0.1) is 24.0 Å². The summed E-state index contributed by atoms with van der Waals surface area (Å²) in [6.45, 7) is 2.35. The Hall–Kier alpha value is -2.03. The molecule has 0 N–H and O–H groups in total. The number of amides is 1. The fraction of sp³-hybridized carbons (Fsp3) is 0.524. The van der Waals surface area contributed by atoms with E-state index in [1.165, 1.54) is 10.6 Å². The second kappa shape index (κ2) is 8.38. The Bertz CT molecular complexity index is 978. The van der Waals surface area contributed by atoms with Gasteiger partial charge in [0.2, 0.25) is 10.0 Å². The molecule has 7 nitrogen and oxygen atoms in total. The molecular weight excluding hydrogens is 390 g/mol. The van der Waals surface area contributed by atoms with Crippen LogP contribution in [0.2, 0.25) is 0 Å². The van der Waals surface area contributed by atoms with Gasteiger partial charge >= 0.3 is 0 Å². The average molecular weight is 418 g/mol. The highest BCUT2D eigenvalue weighted by atomic mass is 32.2. The number of nitrogens with zero attached hydrogens (tertiary/aromatic N) is 3. The molecule has 2 saturated heterocycles. The molecule has 4 rings (SSSR count). The largest absolute Gasteiger partial charge is 0.375 e. The number of ether oxygens (including phenoxy) is 1. The van der Waals surface area contributed by atoms with E-state index in [0.29, 0.717) is 31.9 Å². The van der Waals surface area contributed by atoms with Crippen LogP contribution in [0.3, 0.4) is 0 Å². The zero-order valence-corrected chi connectivity index (χ0v) is 17.5. The van der Waals surface area contributed by atoms with E-state index in [-0.39, 0.29) is 18.1 Å². The standard InChI is InChI=1S/C21H27N3O4S/c1-29(26,27)24-14-10-18(11-15-24)28-17-8-12-23(13-9-17)21(25)20-7-6-16-4-2-3-5-19(16)22-20/h2-7,17-18H,8-15H2,1H3. The number of benzene rings is 1. The Morgan fingerprint density at radius 3 is 2.24 bits per heavy atom. The number of fused-ring (bicyclic) bond motifs is 1. The molecule has 0 saturated carbocycles. The summed E-state index contributed by atoms with van der Waals surface area (Å²) in [6, 6.07) is 11.5. The molecule has 2 aliphatic heterocycles. The third-order valence-electron chi connectivity index (χ3n) is 5.80. The van der Waals surface area contributed by atoms with Crippen LogP contribution < -0.4 is 0 Å². The molecule has 0 aliphatic carbocycles. The highest BCUT2D eigenvalue weighted by Crippen LogP contribution is 2.23. The molecule has 0 unspecified atom stereocenters. The van der Waals surface area contributed by atoms with Crippen LogP contribution in [0.4, 0.5) is 0 Å². The zero-order valence-electron chi connectivity index (χ0n) is 16.7. The number of carbonyl (C=O) groups is 1. The molecular formula is C21H27N3O4S. The molecule has 0 radical (unpaired) electrons. The summed E-state index contributed by atoms with van der Waals surface area (Å²) in [5.41, 5.74) is 1.31. The maximum atomic E-state index is 12.8. The average Bonchev–Trinajstić information content (AvgIpc) is 2.73. The minimum absolute atomic E-state index is 0.0318. The van der Waals surface area contributed by atoms with Crippen molar-refractivity contribution >= 4 is 26.8 Å². The van der Waals surface area contributed by atoms with Gasteiger partial charge in [-0.1, -0.05) is 24.3 Å². The minimum Gasteiger partial charge on any atom is -0.375 e. The molecule has 2 fully saturated rings. The topological polar surface area (TPSA) is 79.8 Å². The van der Waals surface area contributed by atoms with Crippen molar-refractivity contribution in [2.45, 2.75) is 37.9 Å². The number of sulfonamides is 1. The first-order chi connectivity index (χ1) is 13.9. The molecule has 0 atom stereocenters. The van der Waals surface area contributed by atoms with Gasteiger partial charge in [0.15, 0.2) is 0 Å². The van der Waals surface area contributed by atoms with Gasteiger partial charge in [-0.05, 0) is 37.8 Å². The van der Waals surface area contributed by atoms with Crippen molar-refractivity contribution in [1.82, 2.24) is 14.2 Å². The number of rotatable bonds is 4. The predicted molar refractivity (Wildman–Crippen MR) is 111 cm³/mol. The molecule has 8 heteroatoms. The lowest BCUT2D eigenvalue weighted by atomic mass is 10.0. The van der Waals surface area contributed by atoms with Crippen molar-refractivity contribution in [3.05, 3.63) is 42.1 Å². The molecule has 1 aromatic carbocycles. The van der Waals surface area contributed by atoms with Gasteiger partial charge in [0.25, 0.3) is 5.91 Å². The normalized spacial score (nSPS) is 20.2. The van der Waals surface area contributed by atoms with E-state index < -0.39 is 10.0 Å². The van der Waals surface area contributed by atoms with E-state index in [9.17, 15) is 13.2 Å². The van der Waals surface area contributed by atoms with Gasteiger partial charge in [-0.3, -0.25) is 4.79 Å². The van der Waals surface area contributed by atoms with Crippen molar-refractivity contribution in [2.75, 3.05) is 32.4 Å². The summed E-state index contributed by atoms with van der Waals surface area (Å²) in [5, 5.41) is 1.03. The molecule has 0 spiro atoms. The lowest BCUT2D eigenvalue weighted by molar-refractivity contribution is -0.0557. The van der Waals surface area contributed by atoms with Crippen LogP contribution in [0.15, 0.2) is 36.4 Å². The molecule has 1 amide bonds. The SMILES string of the molecule is CS(=O)(=O)N1CCC(OC2CCN(C(=O)c3ccc4ccccc4n3)CC2)CC1. The summed E-state index contributed by atoms with van der Waals surface area (Å²) in [6.07, 6.45) is 4.53. The number of hydrogen-bond donors (Lipinski definition) is 0. The fourth-order valence-electron chi connectivity index (χ4n) is 4.11. The third-order valence-corrected chi connectivity index (χ3v) is 7.10. The van der Waals surface area contributed by atoms with Gasteiger partial charge in [0.1, 0.15) is 5.69 Å². The second-order valence-electron chi connectivity index (χ2n) is 7.88. The van der Waals surface area contributed by atoms with E-state index in [0.717, 1.165) is 36.6 Å². The van der Waals surface area contributed by atoms with Crippen LogP contribution in [-0.4, -0.2) is 73.2 Å². The number of hydrogen-bond acceptors (Lipinski definition) is 5. The first-order valence-corrected chi connectivity index (χ1v) is 12.0. The van der Waals surface area contributed by atoms with Crippen molar-refractivity contribution in [2.24, 2.45) is 0 Å². The quantitative estimate of drug-likeness (QED) is 0.763. The third kappa shape index (κ3) is 4.76. The first kappa shape index (κ1) is 20.3. The Morgan fingerprint density at radius 2 is 1.59 bits per heavy atom. The Balaban J connectivity index is 1.28. The predicted octanol–water partition coefficient (Wildman–Crippen LogP) is 2.28. The molecule has 0 bridgehead atoms. The minimum atomic E-state index is -3.11. The summed E-state index contributed by atoms with van der Waals surface area (Å²) < 4.78 is 31.0. The van der Waals surface area contributed by atoms with Gasteiger partial charge in [-0.25, -0.2) is 17.7 Å². The number of piperidine rings is 2. The number of carbonyl (C=O) groups excluding carboxylic acids is 1. The number of pyridine rings is 1. The Kier molecular flexibility index (Phi) is 5.85. The highest BCUT2D eigenvalue weighted by Gasteiger charge is 2.30. The monoisotopic (exact) mass is 417 g/mol. The van der Waals surface area contributed by atoms with Crippen LogP contribution >= 0.6 is 0 Å². The van der Waals surface area contributed by atoms with Crippen LogP contribution in [0, 0.1) is 0 Å². The van der Waals surface area contributed by atoms with Crippen LogP contribution in [0.25, 0.3) is 10.9 Å². The van der Waals surface area contributed by atoms with Crippen LogP contribution in [-0.2, 0) is 14.8 Å². The van der Waals surface area contributed by atoms with E-state index in [1.54, 1.807) is 6.07 Å². The summed E-state index contributed by atoms with van der Waals surface area (Å²) >= 11 is 0. The van der Waals surface area contributed by atoms with Gasteiger partial charge in [0, 0.05) is 31.6 Å². The molecule has 2 aliphatic rings. The summed E-state index contributed by atoms with van der Waals surface area (Å²) in [4.78, 5) is 19.2. The molecule has 29 heavy (non-hydrogen) atoms. The number of para-hydroxylation sites is 1. The van der Waals surface area contributed by atoms with Gasteiger partial charge in [-0.2, -0.15) is 0 Å². The van der Waals surface area contributed by atoms with E-state index in [2.05, 4.69) is 4.98 Å². The molecule has 2 aromatic rings. The maximum Gasteiger partial charge on any atom is 0.272 e. The van der Waals surface area contributed by atoms with Crippen LogP contribution in [0.5, 0.6) is 0 Å². The smallest absolute Gasteiger partial charge is 0.272 e. The lowest BCUT2D eigenvalue weighted by Gasteiger charge is -2.36. The lowest BCUT2D eigenvalue weighted by Crippen LogP contribution is -2.44. The first-order valence-electron chi connectivity index (χ1n) is 10.2. The highest BCUT2D eigenvalue weighted by molar-refractivity contribution is 7.88. The van der Waals surface area contributed by atoms with Gasteiger partial charge in [-0.15, -0.1) is 0 Å². The molecule has 1 aromatic heterocycles. The van der Waals surface area contributed by atoms with Crippen molar-refractivity contribution in [3.8, 4) is 0 Å². The summed E-state index contributed by atoms with van der Waals surface area (Å²) in [5.74, 6) is -0.0318. The summed E-state index contributed by atoms with van der Waals surface area (Å²) in [7, 11) is -3.11. The van der Waals surface area contributed by atoms with Gasteiger partial charge < -0.3 is 9.64 Å². The number of aromatic nitrogens is 1. The van der Waals surface area contributed by atoms with E-state index in [1.807, 2.05) is 35.2 Å². The second-order valence-corrected chi connectivity index (χ2v) is 9.86. The van der Waals surface area contributed by atoms with Crippen molar-refractivity contribution in [1.29, 1.82) is 0 Å². The fourth-order valence-corrected chi connectivity index (χ4v) is 4.99. The van der Waals surface area contributed by atoms with Crippen LogP contribution in [0.1, 0.15) is 36.2 Å². The molecule has 156 valence electrons. The van der Waals surface area contributed by atoms with E-state index in [4.69, 9.17) is 4.74 Å². The Morgan fingerprint density at radius 1 is 0.966 bits per heavy atom.